The molecule has 0 unspecified atom stereocenters. The van der Waals surface area contributed by atoms with Crippen LogP contribution in [0.1, 0.15) is 22.0 Å². The lowest BCUT2D eigenvalue weighted by molar-refractivity contribution is 0.848. The van der Waals surface area contributed by atoms with E-state index in [1.165, 1.54) is 16.9 Å². The summed E-state index contributed by atoms with van der Waals surface area (Å²) < 4.78 is 1.84. The maximum absolute atomic E-state index is 4.61. The zero-order valence-electron chi connectivity index (χ0n) is 12.3. The molecule has 0 saturated carbocycles. The maximum atomic E-state index is 4.61. The Morgan fingerprint density at radius 3 is 2.39 bits per heavy atom. The first-order valence-corrected chi connectivity index (χ1v) is 8.18. The minimum atomic E-state index is 0.730. The average Bonchev–Trinajstić information content (AvgIpc) is 3.17. The number of hydrogen-bond donors (Lipinski definition) is 0. The Morgan fingerprint density at radius 2 is 1.61 bits per heavy atom. The smallest absolute Gasteiger partial charge is 0.187 e. The topological polar surface area (TPSA) is 43.1 Å². The SMILES string of the molecule is C(=C/c1nn2c(Cc3ccccc3)nnc2s1)/c1ccccc1. The molecule has 0 aliphatic rings. The molecular weight excluding hydrogens is 304 g/mol. The third-order valence-corrected chi connectivity index (χ3v) is 4.36. The molecule has 0 spiro atoms. The van der Waals surface area contributed by atoms with Gasteiger partial charge in [0.2, 0.25) is 4.96 Å². The molecule has 0 aliphatic carbocycles. The van der Waals surface area contributed by atoms with Gasteiger partial charge < -0.3 is 0 Å². The van der Waals surface area contributed by atoms with E-state index in [2.05, 4.69) is 45.6 Å². The van der Waals surface area contributed by atoms with Crippen LogP contribution >= 0.6 is 11.3 Å². The number of nitrogens with zero attached hydrogens (tertiary/aromatic N) is 4. The van der Waals surface area contributed by atoms with Crippen molar-refractivity contribution in [3.8, 4) is 0 Å². The van der Waals surface area contributed by atoms with Crippen LogP contribution in [-0.2, 0) is 6.42 Å². The lowest BCUT2D eigenvalue weighted by Gasteiger charge is -1.96. The van der Waals surface area contributed by atoms with Crippen molar-refractivity contribution in [1.29, 1.82) is 0 Å². The Morgan fingerprint density at radius 1 is 0.870 bits per heavy atom. The quantitative estimate of drug-likeness (QED) is 0.572. The van der Waals surface area contributed by atoms with Gasteiger partial charge in [0.05, 0.1) is 0 Å². The molecule has 0 N–H and O–H groups in total. The first-order chi connectivity index (χ1) is 11.4. The Hall–Kier alpha value is -2.79. The molecule has 112 valence electrons. The summed E-state index contributed by atoms with van der Waals surface area (Å²) in [7, 11) is 0. The van der Waals surface area contributed by atoms with E-state index in [1.54, 1.807) is 0 Å². The van der Waals surface area contributed by atoms with Crippen LogP contribution in [0.15, 0.2) is 60.7 Å². The fraction of sp³-hybridized carbons (Fsp3) is 0.0556. The summed E-state index contributed by atoms with van der Waals surface area (Å²) in [4.78, 5) is 0.823. The molecule has 0 aliphatic heterocycles. The zero-order chi connectivity index (χ0) is 15.5. The number of benzene rings is 2. The maximum Gasteiger partial charge on any atom is 0.234 e. The van der Waals surface area contributed by atoms with Crippen LogP contribution in [0.4, 0.5) is 0 Å². The van der Waals surface area contributed by atoms with E-state index in [1.807, 2.05) is 47.0 Å². The van der Waals surface area contributed by atoms with E-state index in [-0.39, 0.29) is 0 Å². The Labute approximate surface area is 137 Å². The average molecular weight is 318 g/mol. The second-order valence-corrected chi connectivity index (χ2v) is 6.14. The number of hydrogen-bond acceptors (Lipinski definition) is 4. The Bertz CT molecular complexity index is 939. The number of rotatable bonds is 4. The van der Waals surface area contributed by atoms with Gasteiger partial charge in [-0.2, -0.15) is 9.61 Å². The highest BCUT2D eigenvalue weighted by Crippen LogP contribution is 2.18. The largest absolute Gasteiger partial charge is 0.234 e. The standard InChI is InChI=1S/C18H14N4S/c1-3-7-14(8-4-1)11-12-17-21-22-16(19-20-18(22)23-17)13-15-9-5-2-6-10-15/h1-12H,13H2/b12-11-. The lowest BCUT2D eigenvalue weighted by atomic mass is 10.1. The van der Waals surface area contributed by atoms with Crippen molar-refractivity contribution in [3.63, 3.8) is 0 Å². The molecule has 4 rings (SSSR count). The fourth-order valence-corrected chi connectivity index (χ4v) is 3.12. The Kier molecular flexibility index (Phi) is 3.70. The molecule has 4 nitrogen and oxygen atoms in total. The summed E-state index contributed by atoms with van der Waals surface area (Å²) >= 11 is 1.54. The van der Waals surface area contributed by atoms with Crippen molar-refractivity contribution in [2.75, 3.05) is 0 Å². The number of fused-ring (bicyclic) bond motifs is 1. The first-order valence-electron chi connectivity index (χ1n) is 7.37. The van der Waals surface area contributed by atoms with Crippen molar-refractivity contribution in [3.05, 3.63) is 82.6 Å². The van der Waals surface area contributed by atoms with Crippen LogP contribution in [-0.4, -0.2) is 19.8 Å². The highest BCUT2D eigenvalue weighted by molar-refractivity contribution is 7.17. The molecule has 2 aromatic heterocycles. The molecule has 4 aromatic rings. The molecule has 2 aromatic carbocycles. The van der Waals surface area contributed by atoms with E-state index < -0.39 is 0 Å². The molecule has 0 amide bonds. The summed E-state index contributed by atoms with van der Waals surface area (Å²) in [6.07, 6.45) is 4.80. The Balaban J connectivity index is 1.60. The third-order valence-electron chi connectivity index (χ3n) is 3.49. The monoisotopic (exact) mass is 318 g/mol. The van der Waals surface area contributed by atoms with Crippen molar-refractivity contribution >= 4 is 28.4 Å². The minimum absolute atomic E-state index is 0.730. The van der Waals surface area contributed by atoms with Crippen LogP contribution in [0.5, 0.6) is 0 Å². The van der Waals surface area contributed by atoms with Gasteiger partial charge in [-0.25, -0.2) is 0 Å². The van der Waals surface area contributed by atoms with Crippen molar-refractivity contribution in [2.45, 2.75) is 6.42 Å². The van der Waals surface area contributed by atoms with Crippen molar-refractivity contribution in [2.24, 2.45) is 0 Å². The summed E-state index contributed by atoms with van der Waals surface area (Å²) in [5, 5.41) is 14.0. The minimum Gasteiger partial charge on any atom is -0.187 e. The van der Waals surface area contributed by atoms with Gasteiger partial charge in [0.1, 0.15) is 5.01 Å². The van der Waals surface area contributed by atoms with E-state index in [0.29, 0.717) is 0 Å². The molecule has 2 heterocycles. The third kappa shape index (κ3) is 3.05. The second-order valence-electron chi connectivity index (χ2n) is 5.16. The van der Waals surface area contributed by atoms with Crippen LogP contribution in [0.3, 0.4) is 0 Å². The van der Waals surface area contributed by atoms with Gasteiger partial charge in [-0.15, -0.1) is 10.2 Å². The van der Waals surface area contributed by atoms with Gasteiger partial charge in [0.25, 0.3) is 0 Å². The van der Waals surface area contributed by atoms with Crippen LogP contribution < -0.4 is 0 Å². The lowest BCUT2D eigenvalue weighted by Crippen LogP contribution is -1.97. The zero-order valence-corrected chi connectivity index (χ0v) is 13.1. The second kappa shape index (κ2) is 6.14. The van der Waals surface area contributed by atoms with Gasteiger partial charge in [-0.3, -0.25) is 0 Å². The summed E-state index contributed by atoms with van der Waals surface area (Å²) in [5.41, 5.74) is 2.36. The highest BCUT2D eigenvalue weighted by atomic mass is 32.1. The number of aromatic nitrogens is 4. The molecule has 0 bridgehead atoms. The van der Waals surface area contributed by atoms with E-state index >= 15 is 0 Å². The molecular formula is C18H14N4S. The van der Waals surface area contributed by atoms with E-state index in [9.17, 15) is 0 Å². The predicted octanol–water partition coefficient (Wildman–Crippen LogP) is 3.95. The summed E-state index contributed by atoms with van der Waals surface area (Å²) in [6, 6.07) is 20.4. The summed E-state index contributed by atoms with van der Waals surface area (Å²) in [5.74, 6) is 0.863. The normalized spacial score (nSPS) is 11.5. The van der Waals surface area contributed by atoms with E-state index in [0.717, 1.165) is 27.8 Å². The molecule has 5 heteroatoms. The van der Waals surface area contributed by atoms with Crippen molar-refractivity contribution in [1.82, 2.24) is 19.8 Å². The molecule has 0 radical (unpaired) electrons. The molecule has 0 atom stereocenters. The van der Waals surface area contributed by atoms with Gasteiger partial charge >= 0.3 is 0 Å². The van der Waals surface area contributed by atoms with Gasteiger partial charge in [-0.05, 0) is 17.2 Å². The molecule has 0 saturated heterocycles. The van der Waals surface area contributed by atoms with E-state index in [4.69, 9.17) is 0 Å². The first kappa shape index (κ1) is 13.8. The highest BCUT2D eigenvalue weighted by Gasteiger charge is 2.10. The van der Waals surface area contributed by atoms with Crippen LogP contribution in [0.25, 0.3) is 17.1 Å². The van der Waals surface area contributed by atoms with Gasteiger partial charge in [0.15, 0.2) is 5.82 Å². The van der Waals surface area contributed by atoms with Crippen LogP contribution in [0.2, 0.25) is 0 Å². The van der Waals surface area contributed by atoms with Crippen LogP contribution in [0, 0.1) is 0 Å². The molecule has 23 heavy (non-hydrogen) atoms. The van der Waals surface area contributed by atoms with Gasteiger partial charge in [-0.1, -0.05) is 78.1 Å². The predicted molar refractivity (Wildman–Crippen MR) is 93.3 cm³/mol. The summed E-state index contributed by atoms with van der Waals surface area (Å²) in [6.45, 7) is 0. The fourth-order valence-electron chi connectivity index (χ4n) is 2.36. The molecule has 0 fully saturated rings. The van der Waals surface area contributed by atoms with Gasteiger partial charge in [0, 0.05) is 6.42 Å². The van der Waals surface area contributed by atoms with Crippen molar-refractivity contribution < 1.29 is 0 Å².